The van der Waals surface area contributed by atoms with Gasteiger partial charge in [-0.2, -0.15) is 13.2 Å². The van der Waals surface area contributed by atoms with Gasteiger partial charge in [-0.3, -0.25) is 15.4 Å². The fraction of sp³-hybridized carbons (Fsp3) is 0.286. The van der Waals surface area contributed by atoms with Gasteiger partial charge in [0.05, 0.1) is 10.2 Å². The summed E-state index contributed by atoms with van der Waals surface area (Å²) in [4.78, 5) is 30.2. The third-order valence-corrected chi connectivity index (χ3v) is 6.18. The Bertz CT molecular complexity index is 1210. The molecule has 174 valence electrons. The van der Waals surface area contributed by atoms with Crippen LogP contribution >= 0.6 is 11.3 Å². The van der Waals surface area contributed by atoms with E-state index in [4.69, 9.17) is 0 Å². The molecule has 3 amide bonds. The van der Waals surface area contributed by atoms with Crippen molar-refractivity contribution < 1.29 is 27.2 Å². The lowest BCUT2D eigenvalue weighted by Gasteiger charge is -2.45. The number of anilines is 2. The van der Waals surface area contributed by atoms with Gasteiger partial charge in [-0.05, 0) is 48.9 Å². The number of carbonyl (C=O) groups excluding carboxylic acids is 2. The fourth-order valence-electron chi connectivity index (χ4n) is 3.83. The maximum Gasteiger partial charge on any atom is 0.419 e. The second-order valence-corrected chi connectivity index (χ2v) is 8.80. The van der Waals surface area contributed by atoms with Crippen LogP contribution in [0, 0.1) is 5.82 Å². The van der Waals surface area contributed by atoms with Crippen molar-refractivity contribution in [3.8, 4) is 0 Å². The standard InChI is InChI=1S/C21H19F4N5O2S/c1-11-10-30(2)17(31)20(29-11,21(23,24)25)12-3-8-15-16(9-12)33-19(27-15)28-18(32)26-14-6-4-13(22)5-7-14/h3-9,11,29H,10H2,1-2H3,(H2,26,27,28,32)/t11?,20-/m1/s1. The number of nitrogens with one attached hydrogen (secondary N) is 3. The summed E-state index contributed by atoms with van der Waals surface area (Å²) in [5.74, 6) is -1.54. The predicted molar refractivity (Wildman–Crippen MR) is 117 cm³/mol. The summed E-state index contributed by atoms with van der Waals surface area (Å²) in [5.41, 5.74) is -2.42. The molecule has 3 aromatic rings. The molecule has 0 bridgehead atoms. The first-order valence-electron chi connectivity index (χ1n) is 9.84. The number of halogens is 4. The van der Waals surface area contributed by atoms with Crippen molar-refractivity contribution in [1.82, 2.24) is 15.2 Å². The van der Waals surface area contributed by atoms with Gasteiger partial charge in [-0.1, -0.05) is 17.4 Å². The van der Waals surface area contributed by atoms with Crippen molar-refractivity contribution in [3.63, 3.8) is 0 Å². The highest BCUT2D eigenvalue weighted by molar-refractivity contribution is 7.22. The van der Waals surface area contributed by atoms with Crippen LogP contribution in [-0.2, 0) is 10.3 Å². The molecule has 1 aromatic heterocycles. The Morgan fingerprint density at radius 1 is 1.21 bits per heavy atom. The minimum Gasteiger partial charge on any atom is -0.342 e. The number of hydrogen-bond acceptors (Lipinski definition) is 5. The molecular weight excluding hydrogens is 462 g/mol. The van der Waals surface area contributed by atoms with Gasteiger partial charge in [0.25, 0.3) is 5.91 Å². The molecule has 4 rings (SSSR count). The van der Waals surface area contributed by atoms with Gasteiger partial charge in [0.1, 0.15) is 5.82 Å². The van der Waals surface area contributed by atoms with E-state index >= 15 is 0 Å². The normalized spacial score (nSPS) is 21.3. The number of rotatable bonds is 3. The van der Waals surface area contributed by atoms with E-state index in [1.165, 1.54) is 49.5 Å². The Morgan fingerprint density at radius 2 is 1.91 bits per heavy atom. The third-order valence-electron chi connectivity index (χ3n) is 5.25. The number of likely N-dealkylation sites (N-methyl/N-ethyl adjacent to an activating group) is 1. The maximum absolute atomic E-state index is 14.3. The minimum atomic E-state index is -4.89. The first kappa shape index (κ1) is 22.9. The lowest BCUT2D eigenvalue weighted by atomic mass is 9.84. The fourth-order valence-corrected chi connectivity index (χ4v) is 4.73. The number of amides is 3. The highest BCUT2D eigenvalue weighted by Gasteiger charge is 2.64. The number of piperazine rings is 1. The summed E-state index contributed by atoms with van der Waals surface area (Å²) in [6.45, 7) is 1.73. The largest absolute Gasteiger partial charge is 0.419 e. The zero-order valence-corrected chi connectivity index (χ0v) is 18.3. The third kappa shape index (κ3) is 4.23. The van der Waals surface area contributed by atoms with Crippen molar-refractivity contribution in [2.75, 3.05) is 24.2 Å². The number of hydrogen-bond donors (Lipinski definition) is 3. The first-order valence-corrected chi connectivity index (χ1v) is 10.7. The van der Waals surface area contributed by atoms with Gasteiger partial charge in [0, 0.05) is 25.3 Å². The summed E-state index contributed by atoms with van der Waals surface area (Å²) in [5, 5.41) is 7.63. The highest BCUT2D eigenvalue weighted by atomic mass is 32.1. The molecule has 2 aromatic carbocycles. The molecule has 1 aliphatic heterocycles. The van der Waals surface area contributed by atoms with Crippen LogP contribution in [0.2, 0.25) is 0 Å². The number of alkyl halides is 3. The van der Waals surface area contributed by atoms with Crippen LogP contribution in [0.3, 0.4) is 0 Å². The molecule has 12 heteroatoms. The lowest BCUT2D eigenvalue weighted by Crippen LogP contribution is -2.70. The molecule has 0 radical (unpaired) electrons. The number of benzene rings is 2. The molecule has 1 fully saturated rings. The molecule has 3 N–H and O–H groups in total. The topological polar surface area (TPSA) is 86.4 Å². The van der Waals surface area contributed by atoms with Crippen molar-refractivity contribution in [2.45, 2.75) is 24.7 Å². The average molecular weight is 481 g/mol. The van der Waals surface area contributed by atoms with Crippen LogP contribution in [0.5, 0.6) is 0 Å². The molecule has 0 aliphatic carbocycles. The number of thiazole rings is 1. The zero-order chi connectivity index (χ0) is 24.0. The van der Waals surface area contributed by atoms with Crippen molar-refractivity contribution in [2.24, 2.45) is 0 Å². The molecule has 2 atom stereocenters. The van der Waals surface area contributed by atoms with E-state index < -0.39 is 35.5 Å². The van der Waals surface area contributed by atoms with E-state index in [9.17, 15) is 27.2 Å². The maximum atomic E-state index is 14.3. The van der Waals surface area contributed by atoms with E-state index in [1.807, 2.05) is 0 Å². The minimum absolute atomic E-state index is 0.149. The molecule has 2 heterocycles. The van der Waals surface area contributed by atoms with E-state index in [2.05, 4.69) is 20.9 Å². The van der Waals surface area contributed by atoms with Gasteiger partial charge in [-0.25, -0.2) is 14.2 Å². The average Bonchev–Trinajstić information content (AvgIpc) is 3.12. The SMILES string of the molecule is CC1CN(C)C(=O)[C@](c2ccc3nc(NC(=O)Nc4ccc(F)cc4)sc3c2)(C(F)(F)F)N1. The molecule has 0 saturated carbocycles. The smallest absolute Gasteiger partial charge is 0.342 e. The monoisotopic (exact) mass is 481 g/mol. The lowest BCUT2D eigenvalue weighted by molar-refractivity contribution is -0.216. The molecule has 1 unspecified atom stereocenters. The van der Waals surface area contributed by atoms with Gasteiger partial charge in [0.2, 0.25) is 5.54 Å². The van der Waals surface area contributed by atoms with Gasteiger partial charge in [0.15, 0.2) is 5.13 Å². The summed E-state index contributed by atoms with van der Waals surface area (Å²) in [7, 11) is 1.34. The van der Waals surface area contributed by atoms with Crippen molar-refractivity contribution in [3.05, 3.63) is 53.8 Å². The van der Waals surface area contributed by atoms with E-state index in [-0.39, 0.29) is 17.2 Å². The van der Waals surface area contributed by atoms with Crippen LogP contribution in [0.1, 0.15) is 12.5 Å². The number of aromatic nitrogens is 1. The molecule has 33 heavy (non-hydrogen) atoms. The summed E-state index contributed by atoms with van der Waals surface area (Å²) < 4.78 is 56.2. The van der Waals surface area contributed by atoms with Gasteiger partial charge < -0.3 is 10.2 Å². The van der Waals surface area contributed by atoms with Gasteiger partial charge in [-0.15, -0.1) is 0 Å². The molecular formula is C21H19F4N5O2S. The van der Waals surface area contributed by atoms with Gasteiger partial charge >= 0.3 is 12.2 Å². The molecule has 1 saturated heterocycles. The second kappa shape index (κ2) is 8.27. The Labute approximate surface area is 189 Å². The van der Waals surface area contributed by atoms with Crippen LogP contribution in [0.25, 0.3) is 10.2 Å². The Morgan fingerprint density at radius 3 is 2.58 bits per heavy atom. The van der Waals surface area contributed by atoms with E-state index in [0.29, 0.717) is 15.9 Å². The molecule has 1 aliphatic rings. The van der Waals surface area contributed by atoms with E-state index in [0.717, 1.165) is 16.2 Å². The number of nitrogens with zero attached hydrogens (tertiary/aromatic N) is 2. The quantitative estimate of drug-likeness (QED) is 0.488. The van der Waals surface area contributed by atoms with Crippen LogP contribution in [0.4, 0.5) is 33.2 Å². The van der Waals surface area contributed by atoms with Crippen LogP contribution in [-0.4, -0.2) is 47.6 Å². The zero-order valence-electron chi connectivity index (χ0n) is 17.5. The highest BCUT2D eigenvalue weighted by Crippen LogP contribution is 2.43. The Kier molecular flexibility index (Phi) is 5.74. The number of carbonyl (C=O) groups is 2. The Balaban J connectivity index is 1.63. The predicted octanol–water partition coefficient (Wildman–Crippen LogP) is 4.29. The van der Waals surface area contributed by atoms with Crippen LogP contribution in [0.15, 0.2) is 42.5 Å². The van der Waals surface area contributed by atoms with Crippen LogP contribution < -0.4 is 16.0 Å². The number of urea groups is 1. The first-order chi connectivity index (χ1) is 15.5. The van der Waals surface area contributed by atoms with Crippen molar-refractivity contribution >= 4 is 44.3 Å². The summed E-state index contributed by atoms with van der Waals surface area (Å²) in [6.07, 6.45) is -4.89. The number of fused-ring (bicyclic) bond motifs is 1. The second-order valence-electron chi connectivity index (χ2n) is 7.77. The van der Waals surface area contributed by atoms with Crippen molar-refractivity contribution in [1.29, 1.82) is 0 Å². The Hall–Kier alpha value is -3.25. The summed E-state index contributed by atoms with van der Waals surface area (Å²) in [6, 6.07) is 7.76. The summed E-state index contributed by atoms with van der Waals surface area (Å²) >= 11 is 0.966. The van der Waals surface area contributed by atoms with E-state index in [1.54, 1.807) is 6.92 Å². The molecule has 7 nitrogen and oxygen atoms in total. The molecule has 0 spiro atoms.